The van der Waals surface area contributed by atoms with Crippen molar-refractivity contribution < 1.29 is 9.53 Å². The van der Waals surface area contributed by atoms with E-state index in [1.165, 1.54) is 19.3 Å². The molecule has 1 heterocycles. The average Bonchev–Trinajstić information content (AvgIpc) is 2.89. The SMILES string of the molecule is CCCCN(CC(=O)NCCOC)CC1CCCN1. The number of rotatable bonds is 10. The zero-order chi connectivity index (χ0) is 13.9. The van der Waals surface area contributed by atoms with Crippen LogP contribution in [0.1, 0.15) is 32.6 Å². The highest BCUT2D eigenvalue weighted by Crippen LogP contribution is 2.07. The summed E-state index contributed by atoms with van der Waals surface area (Å²) in [7, 11) is 1.64. The Morgan fingerprint density at radius 2 is 2.37 bits per heavy atom. The number of carbonyl (C=O) groups is 1. The monoisotopic (exact) mass is 271 g/mol. The van der Waals surface area contributed by atoms with Crippen LogP contribution in [0.25, 0.3) is 0 Å². The zero-order valence-corrected chi connectivity index (χ0v) is 12.4. The van der Waals surface area contributed by atoms with Crippen molar-refractivity contribution in [2.45, 2.75) is 38.6 Å². The quantitative estimate of drug-likeness (QED) is 0.572. The summed E-state index contributed by atoms with van der Waals surface area (Å²) in [5.41, 5.74) is 0. The summed E-state index contributed by atoms with van der Waals surface area (Å²) < 4.78 is 4.93. The molecule has 0 aromatic heterocycles. The Morgan fingerprint density at radius 3 is 3.00 bits per heavy atom. The third-order valence-corrected chi connectivity index (χ3v) is 3.46. The molecule has 0 radical (unpaired) electrons. The van der Waals surface area contributed by atoms with Crippen LogP contribution in [0.5, 0.6) is 0 Å². The van der Waals surface area contributed by atoms with Crippen LogP contribution in [0.4, 0.5) is 0 Å². The van der Waals surface area contributed by atoms with Gasteiger partial charge < -0.3 is 15.4 Å². The molecule has 5 nitrogen and oxygen atoms in total. The minimum absolute atomic E-state index is 0.103. The summed E-state index contributed by atoms with van der Waals surface area (Å²) in [6, 6.07) is 0.559. The highest BCUT2D eigenvalue weighted by atomic mass is 16.5. The normalized spacial score (nSPS) is 19.0. The lowest BCUT2D eigenvalue weighted by atomic mass is 10.2. The van der Waals surface area contributed by atoms with E-state index in [4.69, 9.17) is 4.74 Å². The van der Waals surface area contributed by atoms with Gasteiger partial charge in [0.25, 0.3) is 0 Å². The molecule has 2 N–H and O–H groups in total. The van der Waals surface area contributed by atoms with Crippen LogP contribution in [0.2, 0.25) is 0 Å². The van der Waals surface area contributed by atoms with Crippen molar-refractivity contribution in [3.63, 3.8) is 0 Å². The van der Waals surface area contributed by atoms with Crippen molar-refractivity contribution in [2.75, 3.05) is 46.4 Å². The van der Waals surface area contributed by atoms with Crippen LogP contribution in [0.15, 0.2) is 0 Å². The fourth-order valence-corrected chi connectivity index (χ4v) is 2.39. The molecule has 19 heavy (non-hydrogen) atoms. The minimum Gasteiger partial charge on any atom is -0.383 e. The first kappa shape index (κ1) is 16.4. The number of ether oxygens (including phenoxy) is 1. The molecule has 1 fully saturated rings. The van der Waals surface area contributed by atoms with Gasteiger partial charge in [-0.2, -0.15) is 0 Å². The van der Waals surface area contributed by atoms with Crippen molar-refractivity contribution in [1.29, 1.82) is 0 Å². The second kappa shape index (κ2) is 10.2. The summed E-state index contributed by atoms with van der Waals surface area (Å²) in [4.78, 5) is 14.1. The maximum absolute atomic E-state index is 11.8. The van der Waals surface area contributed by atoms with E-state index in [1.54, 1.807) is 7.11 Å². The molecule has 0 aromatic rings. The number of hydrogen-bond acceptors (Lipinski definition) is 4. The molecule has 0 bridgehead atoms. The third kappa shape index (κ3) is 7.50. The molecule has 1 aliphatic heterocycles. The fraction of sp³-hybridized carbons (Fsp3) is 0.929. The largest absolute Gasteiger partial charge is 0.383 e. The molecule has 0 aliphatic carbocycles. The molecular formula is C14H29N3O2. The third-order valence-electron chi connectivity index (χ3n) is 3.46. The number of carbonyl (C=O) groups excluding carboxylic acids is 1. The first-order valence-corrected chi connectivity index (χ1v) is 7.47. The number of methoxy groups -OCH3 is 1. The predicted molar refractivity (Wildman–Crippen MR) is 77.3 cm³/mol. The van der Waals surface area contributed by atoms with Gasteiger partial charge in [0.2, 0.25) is 5.91 Å². The smallest absolute Gasteiger partial charge is 0.234 e. The maximum Gasteiger partial charge on any atom is 0.234 e. The Bertz CT molecular complexity index is 243. The van der Waals surface area contributed by atoms with E-state index in [0.29, 0.717) is 25.7 Å². The second-order valence-electron chi connectivity index (χ2n) is 5.22. The van der Waals surface area contributed by atoms with Crippen LogP contribution >= 0.6 is 0 Å². The van der Waals surface area contributed by atoms with Crippen molar-refractivity contribution in [1.82, 2.24) is 15.5 Å². The van der Waals surface area contributed by atoms with E-state index >= 15 is 0 Å². The molecule has 112 valence electrons. The van der Waals surface area contributed by atoms with E-state index in [9.17, 15) is 4.79 Å². The minimum atomic E-state index is 0.103. The van der Waals surface area contributed by atoms with E-state index in [0.717, 1.165) is 26.1 Å². The van der Waals surface area contributed by atoms with Crippen LogP contribution in [0.3, 0.4) is 0 Å². The van der Waals surface area contributed by atoms with Gasteiger partial charge in [-0.25, -0.2) is 0 Å². The van der Waals surface area contributed by atoms with Crippen LogP contribution in [-0.2, 0) is 9.53 Å². The molecule has 1 atom stereocenters. The molecule has 1 unspecified atom stereocenters. The predicted octanol–water partition coefficient (Wildman–Crippen LogP) is 0.603. The van der Waals surface area contributed by atoms with Gasteiger partial charge in [-0.1, -0.05) is 13.3 Å². The van der Waals surface area contributed by atoms with Gasteiger partial charge in [0.05, 0.1) is 13.2 Å². The van der Waals surface area contributed by atoms with E-state index in [-0.39, 0.29) is 5.91 Å². The summed E-state index contributed by atoms with van der Waals surface area (Å²) in [5.74, 6) is 0.103. The number of hydrogen-bond donors (Lipinski definition) is 2. The fourth-order valence-electron chi connectivity index (χ4n) is 2.39. The van der Waals surface area contributed by atoms with Gasteiger partial charge in [-0.05, 0) is 32.4 Å². The van der Waals surface area contributed by atoms with Gasteiger partial charge >= 0.3 is 0 Å². The first-order valence-electron chi connectivity index (χ1n) is 7.47. The molecule has 1 aliphatic rings. The van der Waals surface area contributed by atoms with Crippen molar-refractivity contribution in [3.8, 4) is 0 Å². The van der Waals surface area contributed by atoms with E-state index in [1.807, 2.05) is 0 Å². The number of unbranched alkanes of at least 4 members (excludes halogenated alkanes) is 1. The summed E-state index contributed by atoms with van der Waals surface area (Å²) in [5, 5.41) is 6.39. The Kier molecular flexibility index (Phi) is 8.79. The van der Waals surface area contributed by atoms with Gasteiger partial charge in [-0.15, -0.1) is 0 Å². The highest BCUT2D eigenvalue weighted by Gasteiger charge is 2.19. The molecule has 0 saturated carbocycles. The van der Waals surface area contributed by atoms with Crippen LogP contribution in [-0.4, -0.2) is 63.3 Å². The Balaban J connectivity index is 2.28. The number of nitrogens with one attached hydrogen (secondary N) is 2. The lowest BCUT2D eigenvalue weighted by Crippen LogP contribution is -2.44. The maximum atomic E-state index is 11.8. The van der Waals surface area contributed by atoms with Crippen molar-refractivity contribution >= 4 is 5.91 Å². The Morgan fingerprint density at radius 1 is 1.53 bits per heavy atom. The van der Waals surface area contributed by atoms with Crippen LogP contribution in [0, 0.1) is 0 Å². The molecule has 1 rings (SSSR count). The molecule has 5 heteroatoms. The standard InChI is InChI=1S/C14H29N3O2/c1-3-4-9-17(11-13-6-5-7-15-13)12-14(18)16-8-10-19-2/h13,15H,3-12H2,1-2H3,(H,16,18). The molecule has 0 spiro atoms. The number of amides is 1. The van der Waals surface area contributed by atoms with E-state index < -0.39 is 0 Å². The summed E-state index contributed by atoms with van der Waals surface area (Å²) in [6.45, 7) is 6.96. The Hall–Kier alpha value is -0.650. The van der Waals surface area contributed by atoms with Gasteiger partial charge in [0.1, 0.15) is 0 Å². The Labute approximate surface area is 117 Å². The molecule has 0 aromatic carbocycles. The number of nitrogens with zero attached hydrogens (tertiary/aromatic N) is 1. The summed E-state index contributed by atoms with van der Waals surface area (Å²) in [6.07, 6.45) is 4.80. The lowest BCUT2D eigenvalue weighted by molar-refractivity contribution is -0.122. The average molecular weight is 271 g/mol. The van der Waals surface area contributed by atoms with Crippen molar-refractivity contribution in [3.05, 3.63) is 0 Å². The molecule has 1 saturated heterocycles. The molecule has 1 amide bonds. The second-order valence-corrected chi connectivity index (χ2v) is 5.22. The van der Waals surface area contributed by atoms with Gasteiger partial charge in [0.15, 0.2) is 0 Å². The molecular weight excluding hydrogens is 242 g/mol. The first-order chi connectivity index (χ1) is 9.26. The highest BCUT2D eigenvalue weighted by molar-refractivity contribution is 5.77. The van der Waals surface area contributed by atoms with Gasteiger partial charge in [-0.3, -0.25) is 9.69 Å². The van der Waals surface area contributed by atoms with E-state index in [2.05, 4.69) is 22.5 Å². The topological polar surface area (TPSA) is 53.6 Å². The zero-order valence-electron chi connectivity index (χ0n) is 12.4. The lowest BCUT2D eigenvalue weighted by Gasteiger charge is -2.25. The summed E-state index contributed by atoms with van der Waals surface area (Å²) >= 11 is 0. The van der Waals surface area contributed by atoms with Crippen molar-refractivity contribution in [2.24, 2.45) is 0 Å². The van der Waals surface area contributed by atoms with Crippen LogP contribution < -0.4 is 10.6 Å². The van der Waals surface area contributed by atoms with Gasteiger partial charge in [0, 0.05) is 26.2 Å².